The molecule has 0 fully saturated rings. The first-order chi connectivity index (χ1) is 6.52. The van der Waals surface area contributed by atoms with Crippen molar-refractivity contribution in [1.82, 2.24) is 9.55 Å². The van der Waals surface area contributed by atoms with Crippen LogP contribution in [-0.2, 0) is 6.54 Å². The van der Waals surface area contributed by atoms with Crippen LogP contribution < -0.4 is 5.56 Å². The second-order valence-electron chi connectivity index (χ2n) is 3.06. The van der Waals surface area contributed by atoms with Crippen LogP contribution in [0.4, 0.5) is 0 Å². The fraction of sp³-hybridized carbons (Fsp3) is 0.333. The predicted molar refractivity (Wildman–Crippen MR) is 57.9 cm³/mol. The van der Waals surface area contributed by atoms with Gasteiger partial charge in [-0.3, -0.25) is 9.36 Å². The Morgan fingerprint density at radius 2 is 2.29 bits per heavy atom. The minimum Gasteiger partial charge on any atom is -0.298 e. The van der Waals surface area contributed by atoms with Gasteiger partial charge in [0.15, 0.2) is 5.15 Å². The molecule has 1 heterocycles. The van der Waals surface area contributed by atoms with E-state index >= 15 is 0 Å². The van der Waals surface area contributed by atoms with Crippen molar-refractivity contribution in [1.29, 1.82) is 0 Å². The van der Waals surface area contributed by atoms with Crippen LogP contribution in [0.2, 0.25) is 10.2 Å². The Morgan fingerprint density at radius 3 is 2.86 bits per heavy atom. The highest BCUT2D eigenvalue weighted by atomic mass is 35.5. The fourth-order valence-corrected chi connectivity index (χ4v) is 1.20. The zero-order valence-electron chi connectivity index (χ0n) is 7.76. The Hall–Kier alpha value is -0.800. The van der Waals surface area contributed by atoms with Crippen molar-refractivity contribution in [3.63, 3.8) is 0 Å². The van der Waals surface area contributed by atoms with Gasteiger partial charge in [-0.25, -0.2) is 4.98 Å². The molecule has 0 amide bonds. The van der Waals surface area contributed by atoms with Gasteiger partial charge < -0.3 is 0 Å². The summed E-state index contributed by atoms with van der Waals surface area (Å²) in [5.74, 6) is 0. The molecule has 0 aliphatic rings. The van der Waals surface area contributed by atoms with E-state index in [0.717, 1.165) is 12.0 Å². The first kappa shape index (κ1) is 11.3. The van der Waals surface area contributed by atoms with Crippen LogP contribution >= 0.6 is 23.2 Å². The zero-order valence-corrected chi connectivity index (χ0v) is 9.27. The summed E-state index contributed by atoms with van der Waals surface area (Å²) < 4.78 is 1.42. The average molecular weight is 233 g/mol. The van der Waals surface area contributed by atoms with Crippen LogP contribution in [0, 0.1) is 0 Å². The van der Waals surface area contributed by atoms with Gasteiger partial charge in [0, 0.05) is 6.54 Å². The molecule has 0 bridgehead atoms. The second kappa shape index (κ2) is 4.62. The SMILES string of the molecule is C=C(C)CCn1cnc(Cl)c(Cl)c1=O. The number of aryl methyl sites for hydroxylation is 1. The summed E-state index contributed by atoms with van der Waals surface area (Å²) in [6.07, 6.45) is 2.11. The van der Waals surface area contributed by atoms with E-state index in [0.29, 0.717) is 6.54 Å². The first-order valence-corrected chi connectivity index (χ1v) is 4.82. The Morgan fingerprint density at radius 1 is 1.64 bits per heavy atom. The number of rotatable bonds is 3. The van der Waals surface area contributed by atoms with Crippen molar-refractivity contribution in [3.8, 4) is 0 Å². The van der Waals surface area contributed by atoms with E-state index in [1.807, 2.05) is 6.92 Å². The van der Waals surface area contributed by atoms with E-state index in [1.54, 1.807) is 0 Å². The maximum atomic E-state index is 11.5. The van der Waals surface area contributed by atoms with Crippen molar-refractivity contribution in [2.24, 2.45) is 0 Å². The Balaban J connectivity index is 2.95. The number of hydrogen-bond donors (Lipinski definition) is 0. The van der Waals surface area contributed by atoms with Crippen molar-refractivity contribution in [2.75, 3.05) is 0 Å². The van der Waals surface area contributed by atoms with Gasteiger partial charge in [-0.05, 0) is 13.3 Å². The molecule has 0 atom stereocenters. The molecule has 0 spiro atoms. The summed E-state index contributed by atoms with van der Waals surface area (Å²) in [6, 6.07) is 0. The van der Waals surface area contributed by atoms with Gasteiger partial charge in [0.05, 0.1) is 6.33 Å². The molecule has 1 aromatic heterocycles. The van der Waals surface area contributed by atoms with E-state index in [-0.39, 0.29) is 15.7 Å². The smallest absolute Gasteiger partial charge is 0.273 e. The molecule has 0 radical (unpaired) electrons. The molecule has 0 N–H and O–H groups in total. The first-order valence-electron chi connectivity index (χ1n) is 4.07. The second-order valence-corrected chi connectivity index (χ2v) is 3.79. The van der Waals surface area contributed by atoms with Gasteiger partial charge in [0.2, 0.25) is 0 Å². The topological polar surface area (TPSA) is 34.9 Å². The summed E-state index contributed by atoms with van der Waals surface area (Å²) in [6.45, 7) is 6.17. The quantitative estimate of drug-likeness (QED) is 0.593. The van der Waals surface area contributed by atoms with Crippen LogP contribution in [0.15, 0.2) is 23.3 Å². The normalized spacial score (nSPS) is 10.2. The molecule has 5 heteroatoms. The summed E-state index contributed by atoms with van der Waals surface area (Å²) in [4.78, 5) is 15.3. The van der Waals surface area contributed by atoms with E-state index in [9.17, 15) is 4.79 Å². The van der Waals surface area contributed by atoms with E-state index < -0.39 is 0 Å². The Bertz CT molecular complexity index is 412. The van der Waals surface area contributed by atoms with E-state index in [1.165, 1.54) is 10.9 Å². The molecule has 3 nitrogen and oxygen atoms in total. The van der Waals surface area contributed by atoms with Crippen LogP contribution in [-0.4, -0.2) is 9.55 Å². The van der Waals surface area contributed by atoms with Crippen molar-refractivity contribution in [2.45, 2.75) is 19.9 Å². The molecule has 1 aromatic rings. The number of allylic oxidation sites excluding steroid dienone is 1. The summed E-state index contributed by atoms with van der Waals surface area (Å²) in [5.41, 5.74) is 0.691. The summed E-state index contributed by atoms with van der Waals surface area (Å²) in [7, 11) is 0. The van der Waals surface area contributed by atoms with Gasteiger partial charge in [0.25, 0.3) is 5.56 Å². The maximum Gasteiger partial charge on any atom is 0.273 e. The van der Waals surface area contributed by atoms with Gasteiger partial charge in [-0.1, -0.05) is 28.8 Å². The van der Waals surface area contributed by atoms with Crippen LogP contribution in [0.5, 0.6) is 0 Å². The van der Waals surface area contributed by atoms with Crippen LogP contribution in [0.1, 0.15) is 13.3 Å². The molecule has 0 aliphatic carbocycles. The minimum absolute atomic E-state index is 0.0316. The number of aromatic nitrogens is 2. The highest BCUT2D eigenvalue weighted by Crippen LogP contribution is 2.12. The average Bonchev–Trinajstić information content (AvgIpc) is 2.13. The Kier molecular flexibility index (Phi) is 3.72. The van der Waals surface area contributed by atoms with Crippen molar-refractivity contribution in [3.05, 3.63) is 39.0 Å². The molecule has 14 heavy (non-hydrogen) atoms. The van der Waals surface area contributed by atoms with E-state index in [4.69, 9.17) is 23.2 Å². The molecular formula is C9H10Cl2N2O. The summed E-state index contributed by atoms with van der Waals surface area (Å²) >= 11 is 11.2. The maximum absolute atomic E-state index is 11.5. The monoisotopic (exact) mass is 232 g/mol. The standard InChI is InChI=1S/C9H10Cl2N2O/c1-6(2)3-4-13-5-12-8(11)7(10)9(13)14/h5H,1,3-4H2,2H3. The van der Waals surface area contributed by atoms with Crippen LogP contribution in [0.25, 0.3) is 0 Å². The predicted octanol–water partition coefficient (Wildman–Crippen LogP) is 2.52. The molecule has 0 saturated heterocycles. The molecule has 76 valence electrons. The number of hydrogen-bond acceptors (Lipinski definition) is 2. The minimum atomic E-state index is -0.312. The van der Waals surface area contributed by atoms with E-state index in [2.05, 4.69) is 11.6 Å². The molecule has 0 saturated carbocycles. The van der Waals surface area contributed by atoms with Gasteiger partial charge in [-0.15, -0.1) is 6.58 Å². The lowest BCUT2D eigenvalue weighted by Crippen LogP contribution is -2.21. The molecule has 0 aliphatic heterocycles. The lowest BCUT2D eigenvalue weighted by Gasteiger charge is -2.05. The van der Waals surface area contributed by atoms with Crippen molar-refractivity contribution < 1.29 is 0 Å². The lowest BCUT2D eigenvalue weighted by atomic mass is 10.2. The molecule has 1 rings (SSSR count). The third-order valence-corrected chi connectivity index (χ3v) is 2.44. The highest BCUT2D eigenvalue weighted by Gasteiger charge is 2.06. The number of nitrogens with zero attached hydrogens (tertiary/aromatic N) is 2. The molecular weight excluding hydrogens is 223 g/mol. The molecule has 0 aromatic carbocycles. The van der Waals surface area contributed by atoms with Gasteiger partial charge >= 0.3 is 0 Å². The molecule has 0 unspecified atom stereocenters. The fourth-order valence-electron chi connectivity index (χ4n) is 0.914. The van der Waals surface area contributed by atoms with Crippen molar-refractivity contribution >= 4 is 23.2 Å². The summed E-state index contributed by atoms with van der Waals surface area (Å²) in [5, 5.41) is 0.0131. The largest absolute Gasteiger partial charge is 0.298 e. The Labute approximate surface area is 92.0 Å². The third-order valence-electron chi connectivity index (χ3n) is 1.72. The highest BCUT2D eigenvalue weighted by molar-refractivity contribution is 6.40. The zero-order chi connectivity index (χ0) is 10.7. The van der Waals surface area contributed by atoms with Crippen LogP contribution in [0.3, 0.4) is 0 Å². The lowest BCUT2D eigenvalue weighted by molar-refractivity contribution is 0.652. The third kappa shape index (κ3) is 2.59. The number of halogens is 2. The van der Waals surface area contributed by atoms with Gasteiger partial charge in [0.1, 0.15) is 5.02 Å². The van der Waals surface area contributed by atoms with Gasteiger partial charge in [-0.2, -0.15) is 0 Å².